The van der Waals surface area contributed by atoms with Crippen LogP contribution < -0.4 is 4.90 Å². The van der Waals surface area contributed by atoms with Crippen molar-refractivity contribution in [3.05, 3.63) is 41.5 Å². The third kappa shape index (κ3) is 3.50. The molecule has 3 fully saturated rings. The average molecular weight is 425 g/mol. The Balaban J connectivity index is 1.28. The van der Waals surface area contributed by atoms with Gasteiger partial charge in [0.15, 0.2) is 0 Å². The summed E-state index contributed by atoms with van der Waals surface area (Å²) in [5.41, 5.74) is 3.64. The van der Waals surface area contributed by atoms with Gasteiger partial charge in [0.25, 0.3) is 0 Å². The molecule has 0 amide bonds. The van der Waals surface area contributed by atoms with E-state index in [2.05, 4.69) is 60.9 Å². The number of allylic oxidation sites excluding steroid dienone is 1. The van der Waals surface area contributed by atoms with E-state index in [-0.39, 0.29) is 29.3 Å². The van der Waals surface area contributed by atoms with Gasteiger partial charge in [-0.2, -0.15) is 0 Å². The van der Waals surface area contributed by atoms with E-state index < -0.39 is 6.10 Å². The molecule has 5 rings (SSSR count). The van der Waals surface area contributed by atoms with Gasteiger partial charge in [0, 0.05) is 56.2 Å². The van der Waals surface area contributed by atoms with Crippen molar-refractivity contribution >= 4 is 11.7 Å². The van der Waals surface area contributed by atoms with Crippen molar-refractivity contribution in [2.75, 3.05) is 37.6 Å². The maximum absolute atomic E-state index is 12.9. The second-order valence-corrected chi connectivity index (χ2v) is 10.4. The van der Waals surface area contributed by atoms with Crippen molar-refractivity contribution in [3.63, 3.8) is 0 Å². The summed E-state index contributed by atoms with van der Waals surface area (Å²) in [5, 5.41) is 11.5. The Hall–Kier alpha value is -1.85. The Morgan fingerprint density at radius 3 is 2.74 bits per heavy atom. The molecule has 168 valence electrons. The quantitative estimate of drug-likeness (QED) is 0.595. The number of rotatable bonds is 3. The van der Waals surface area contributed by atoms with Gasteiger partial charge in [-0.1, -0.05) is 37.6 Å². The number of aliphatic hydroxyl groups excluding tert-OH is 1. The van der Waals surface area contributed by atoms with Gasteiger partial charge in [0.2, 0.25) is 0 Å². The van der Waals surface area contributed by atoms with Crippen LogP contribution in [0.4, 0.5) is 5.69 Å². The smallest absolute Gasteiger partial charge is 0.311 e. The van der Waals surface area contributed by atoms with Crippen molar-refractivity contribution in [2.45, 2.75) is 52.2 Å². The predicted octanol–water partition coefficient (Wildman–Crippen LogP) is 3.40. The number of fused-ring (bicyclic) bond motifs is 2. The topological polar surface area (TPSA) is 53.0 Å². The molecule has 1 N–H and O–H groups in total. The number of aliphatic hydroxyl groups is 1. The van der Waals surface area contributed by atoms with Crippen molar-refractivity contribution in [2.24, 2.45) is 23.2 Å². The minimum Gasteiger partial charge on any atom is -0.461 e. The average Bonchev–Trinajstić information content (AvgIpc) is 3.06. The molecule has 5 heteroatoms. The molecule has 31 heavy (non-hydrogen) atoms. The van der Waals surface area contributed by atoms with Crippen LogP contribution in [0.3, 0.4) is 0 Å². The molecule has 1 aromatic carbocycles. The molecule has 4 aliphatic rings. The van der Waals surface area contributed by atoms with E-state index in [1.54, 1.807) is 0 Å². The Kier molecular flexibility index (Phi) is 5.38. The van der Waals surface area contributed by atoms with Gasteiger partial charge in [0.05, 0.1) is 12.0 Å². The van der Waals surface area contributed by atoms with Crippen LogP contribution in [0.25, 0.3) is 0 Å². The summed E-state index contributed by atoms with van der Waals surface area (Å²) in [6, 6.07) is 8.67. The molecule has 5 nitrogen and oxygen atoms in total. The van der Waals surface area contributed by atoms with Crippen molar-refractivity contribution in [1.29, 1.82) is 0 Å². The highest BCUT2D eigenvalue weighted by molar-refractivity contribution is 5.76. The predicted molar refractivity (Wildman–Crippen MR) is 122 cm³/mol. The molecule has 2 saturated heterocycles. The fourth-order valence-electron chi connectivity index (χ4n) is 6.57. The van der Waals surface area contributed by atoms with Gasteiger partial charge in [-0.25, -0.2) is 0 Å². The summed E-state index contributed by atoms with van der Waals surface area (Å²) < 4.78 is 5.85. The van der Waals surface area contributed by atoms with Crippen LogP contribution in [0, 0.1) is 30.1 Å². The van der Waals surface area contributed by atoms with Crippen LogP contribution >= 0.6 is 0 Å². The molecular formula is C26H36N2O3. The Bertz CT molecular complexity index is 875. The van der Waals surface area contributed by atoms with Gasteiger partial charge in [0.1, 0.15) is 6.10 Å². The second kappa shape index (κ2) is 7.93. The lowest BCUT2D eigenvalue weighted by molar-refractivity contribution is -0.145. The number of carbonyl (C=O) groups is 1. The van der Waals surface area contributed by atoms with E-state index in [1.165, 1.54) is 16.8 Å². The number of aryl methyl sites for hydroxylation is 1. The molecule has 2 aliphatic heterocycles. The summed E-state index contributed by atoms with van der Waals surface area (Å²) in [7, 11) is 0. The van der Waals surface area contributed by atoms with E-state index in [0.29, 0.717) is 12.5 Å². The maximum atomic E-state index is 12.9. The molecule has 6 atom stereocenters. The Labute approximate surface area is 186 Å². The standard InChI is InChI=1S/C26H36N2O3/c1-17-6-4-9-20(14-17)28-12-10-27(11-13-28)16-21-23-22(31-25(21)30)15-19-8-5-7-18(2)26(19,3)24(23)29/h4,6,8-9,14,18,21-24,29H,5,7,10-13,15-16H2,1-3H3/t18-,21-,22-,23-,24+,26-/m1/s1. The lowest BCUT2D eigenvalue weighted by Crippen LogP contribution is -2.55. The van der Waals surface area contributed by atoms with Gasteiger partial charge >= 0.3 is 5.97 Å². The van der Waals surface area contributed by atoms with Crippen LogP contribution in [-0.2, 0) is 9.53 Å². The van der Waals surface area contributed by atoms with E-state index in [1.807, 2.05) is 0 Å². The van der Waals surface area contributed by atoms with Crippen LogP contribution in [0.1, 0.15) is 38.7 Å². The fraction of sp³-hybridized carbons (Fsp3) is 0.654. The van der Waals surface area contributed by atoms with E-state index in [0.717, 1.165) is 45.4 Å². The van der Waals surface area contributed by atoms with Crippen molar-refractivity contribution in [3.8, 4) is 0 Å². The number of hydrogen-bond acceptors (Lipinski definition) is 5. The maximum Gasteiger partial charge on any atom is 0.311 e. The third-order valence-corrected chi connectivity index (χ3v) is 8.76. The molecule has 2 heterocycles. The second-order valence-electron chi connectivity index (χ2n) is 10.4. The molecule has 0 unspecified atom stereocenters. The lowest BCUT2D eigenvalue weighted by Gasteiger charge is -2.52. The summed E-state index contributed by atoms with van der Waals surface area (Å²) in [4.78, 5) is 17.7. The van der Waals surface area contributed by atoms with Crippen molar-refractivity contribution < 1.29 is 14.6 Å². The molecule has 1 aromatic rings. The highest BCUT2D eigenvalue weighted by Crippen LogP contribution is 2.56. The first kappa shape index (κ1) is 21.0. The number of piperazine rings is 1. The summed E-state index contributed by atoms with van der Waals surface area (Å²) in [6.07, 6.45) is 4.59. The molecule has 1 saturated carbocycles. The van der Waals surface area contributed by atoms with Gasteiger partial charge in [-0.05, 0) is 43.4 Å². The summed E-state index contributed by atoms with van der Waals surface area (Å²) in [6.45, 7) is 11.1. The van der Waals surface area contributed by atoms with E-state index in [4.69, 9.17) is 4.74 Å². The van der Waals surface area contributed by atoms with Crippen LogP contribution in [-0.4, -0.2) is 60.9 Å². The molecular weight excluding hydrogens is 388 g/mol. The van der Waals surface area contributed by atoms with Crippen LogP contribution in [0.5, 0.6) is 0 Å². The van der Waals surface area contributed by atoms with E-state index >= 15 is 0 Å². The molecule has 2 aliphatic carbocycles. The summed E-state index contributed by atoms with van der Waals surface area (Å²) >= 11 is 0. The molecule has 0 aromatic heterocycles. The van der Waals surface area contributed by atoms with E-state index in [9.17, 15) is 9.90 Å². The monoisotopic (exact) mass is 424 g/mol. The summed E-state index contributed by atoms with van der Waals surface area (Å²) in [5.74, 6) is 0.00589. The van der Waals surface area contributed by atoms with Gasteiger partial charge < -0.3 is 14.7 Å². The van der Waals surface area contributed by atoms with Crippen LogP contribution in [0.15, 0.2) is 35.9 Å². The van der Waals surface area contributed by atoms with Gasteiger partial charge in [-0.3, -0.25) is 9.69 Å². The highest BCUT2D eigenvalue weighted by atomic mass is 16.6. The number of ether oxygens (including phenoxy) is 1. The molecule has 0 radical (unpaired) electrons. The number of carbonyl (C=O) groups excluding carboxylic acids is 1. The Morgan fingerprint density at radius 1 is 1.23 bits per heavy atom. The number of esters is 1. The number of anilines is 1. The zero-order valence-electron chi connectivity index (χ0n) is 19.1. The number of benzene rings is 1. The minimum atomic E-state index is -0.516. The van der Waals surface area contributed by atoms with Gasteiger partial charge in [-0.15, -0.1) is 0 Å². The minimum absolute atomic E-state index is 0.0926. The third-order valence-electron chi connectivity index (χ3n) is 8.76. The first-order valence-corrected chi connectivity index (χ1v) is 12.0. The zero-order chi connectivity index (χ0) is 21.8. The first-order chi connectivity index (χ1) is 14.9. The van der Waals surface area contributed by atoms with Crippen molar-refractivity contribution in [1.82, 2.24) is 4.90 Å². The lowest BCUT2D eigenvalue weighted by atomic mass is 9.55. The SMILES string of the molecule is Cc1cccc(N2CCN(C[C@H]3C(=O)O[C@@H]4CC5=CCC[C@@H](C)[C@@]5(C)[C@@H](O)[C@@H]43)CC2)c1. The highest BCUT2D eigenvalue weighted by Gasteiger charge is 2.59. The Morgan fingerprint density at radius 2 is 2.00 bits per heavy atom. The molecule has 0 spiro atoms. The zero-order valence-corrected chi connectivity index (χ0v) is 19.1. The largest absolute Gasteiger partial charge is 0.461 e. The number of hydrogen-bond donors (Lipinski definition) is 1. The first-order valence-electron chi connectivity index (χ1n) is 12.0. The van der Waals surface area contributed by atoms with Crippen LogP contribution in [0.2, 0.25) is 0 Å². The fourth-order valence-corrected chi connectivity index (χ4v) is 6.57. The number of nitrogens with zero attached hydrogens (tertiary/aromatic N) is 2. The normalized spacial score (nSPS) is 38.3. The molecule has 0 bridgehead atoms.